The normalized spacial score (nSPS) is 16.0. The Labute approximate surface area is 224 Å². The van der Waals surface area contributed by atoms with E-state index in [1.165, 1.54) is 0 Å². The minimum Gasteiger partial charge on any atom is -0.491 e. The number of likely N-dealkylation sites (tertiary alicyclic amines) is 1. The molecule has 2 atom stereocenters. The van der Waals surface area contributed by atoms with Gasteiger partial charge < -0.3 is 29.7 Å². The van der Waals surface area contributed by atoms with Gasteiger partial charge in [-0.1, -0.05) is 20.8 Å². The zero-order valence-electron chi connectivity index (χ0n) is 22.9. The lowest BCUT2D eigenvalue weighted by Gasteiger charge is -2.35. The van der Waals surface area contributed by atoms with Crippen molar-refractivity contribution in [2.45, 2.75) is 52.6 Å². The van der Waals surface area contributed by atoms with E-state index in [0.29, 0.717) is 22.8 Å². The first-order valence-electron chi connectivity index (χ1n) is 13.0. The van der Waals surface area contributed by atoms with E-state index >= 15 is 0 Å². The molecule has 0 spiro atoms. The van der Waals surface area contributed by atoms with E-state index in [2.05, 4.69) is 10.6 Å². The van der Waals surface area contributed by atoms with Crippen LogP contribution in [0.3, 0.4) is 0 Å². The Kier molecular flexibility index (Phi) is 10.1. The van der Waals surface area contributed by atoms with Gasteiger partial charge in [0.15, 0.2) is 0 Å². The molecule has 9 heteroatoms. The number of nitrogens with one attached hydrogen (secondary N) is 2. The second-order valence-corrected chi connectivity index (χ2v) is 10.5. The number of carbonyl (C=O) groups excluding carboxylic acids is 3. The quantitative estimate of drug-likeness (QED) is 0.433. The van der Waals surface area contributed by atoms with Gasteiger partial charge in [0.1, 0.15) is 36.5 Å². The predicted molar refractivity (Wildman–Crippen MR) is 144 cm³/mol. The highest BCUT2D eigenvalue weighted by Crippen LogP contribution is 2.26. The average molecular weight is 526 g/mol. The zero-order chi connectivity index (χ0) is 27.7. The summed E-state index contributed by atoms with van der Waals surface area (Å²) in [5.41, 5.74) is 0.144. The number of hydrogen-bond acceptors (Lipinski definition) is 6. The molecule has 3 rings (SSSR count). The van der Waals surface area contributed by atoms with E-state index < -0.39 is 11.5 Å². The van der Waals surface area contributed by atoms with Crippen LogP contribution in [0.2, 0.25) is 0 Å². The van der Waals surface area contributed by atoms with Gasteiger partial charge in [-0.25, -0.2) is 0 Å². The first-order chi connectivity index (χ1) is 18.1. The average Bonchev–Trinajstić information content (AvgIpc) is 3.32. The van der Waals surface area contributed by atoms with Gasteiger partial charge in [-0.05, 0) is 73.7 Å². The number of nitrogens with zero attached hydrogens (tertiary/aromatic N) is 1. The summed E-state index contributed by atoms with van der Waals surface area (Å²) in [6.07, 6.45) is 1.98. The number of rotatable bonds is 11. The van der Waals surface area contributed by atoms with Crippen LogP contribution in [0.4, 0.5) is 0 Å². The topological polar surface area (TPSA) is 106 Å². The third kappa shape index (κ3) is 8.21. The molecule has 0 radical (unpaired) electrons. The highest BCUT2D eigenvalue weighted by atomic mass is 16.5. The molecule has 0 bridgehead atoms. The Morgan fingerprint density at radius 2 is 1.58 bits per heavy atom. The lowest BCUT2D eigenvalue weighted by atomic mass is 9.85. The molecule has 0 saturated carbocycles. The van der Waals surface area contributed by atoms with Crippen molar-refractivity contribution < 1.29 is 28.6 Å². The summed E-state index contributed by atoms with van der Waals surface area (Å²) in [6, 6.07) is 13.6. The number of carbonyl (C=O) groups is 3. The molecule has 1 aliphatic heterocycles. The van der Waals surface area contributed by atoms with Crippen molar-refractivity contribution in [3.05, 3.63) is 54.1 Å². The Balaban J connectivity index is 1.38. The van der Waals surface area contributed by atoms with Crippen molar-refractivity contribution in [2.75, 3.05) is 33.4 Å². The molecule has 2 aromatic rings. The molecule has 1 saturated heterocycles. The van der Waals surface area contributed by atoms with E-state index in [9.17, 15) is 14.4 Å². The summed E-state index contributed by atoms with van der Waals surface area (Å²) >= 11 is 0. The van der Waals surface area contributed by atoms with E-state index in [1.54, 1.807) is 55.6 Å². The Hall–Kier alpha value is -3.59. The van der Waals surface area contributed by atoms with Crippen molar-refractivity contribution >= 4 is 17.7 Å². The van der Waals surface area contributed by atoms with Gasteiger partial charge >= 0.3 is 0 Å². The van der Waals surface area contributed by atoms with Crippen molar-refractivity contribution in [1.29, 1.82) is 0 Å². The predicted octanol–water partition coefficient (Wildman–Crippen LogP) is 3.78. The van der Waals surface area contributed by atoms with E-state index in [4.69, 9.17) is 14.2 Å². The maximum Gasteiger partial charge on any atom is 0.251 e. The minimum atomic E-state index is -0.607. The maximum atomic E-state index is 13.1. The highest BCUT2D eigenvalue weighted by molar-refractivity contribution is 5.94. The molecule has 0 aromatic heterocycles. The SMILES string of the molecule is CNC(=O)c1ccc(Oc2ccc(OCCOCC(=O)N[C@H](C(=O)N3CCC[C@H]3C)C(C)(C)C)cc2)cc1. The van der Waals surface area contributed by atoms with Crippen LogP contribution in [0.5, 0.6) is 17.2 Å². The van der Waals surface area contributed by atoms with Crippen molar-refractivity contribution in [3.8, 4) is 17.2 Å². The van der Waals surface area contributed by atoms with Crippen LogP contribution in [-0.2, 0) is 14.3 Å². The fraction of sp³-hybridized carbons (Fsp3) is 0.483. The molecule has 3 amide bonds. The first-order valence-corrected chi connectivity index (χ1v) is 13.0. The van der Waals surface area contributed by atoms with Crippen molar-refractivity contribution in [2.24, 2.45) is 5.41 Å². The van der Waals surface area contributed by atoms with Crippen LogP contribution < -0.4 is 20.1 Å². The maximum absolute atomic E-state index is 13.1. The second-order valence-electron chi connectivity index (χ2n) is 10.5. The molecule has 206 valence electrons. The van der Waals surface area contributed by atoms with Crippen LogP contribution in [0, 0.1) is 5.41 Å². The number of ether oxygens (including phenoxy) is 3. The standard InChI is InChI=1S/C29H39N3O6/c1-20-7-6-16-32(20)28(35)26(29(2,3)4)31-25(33)19-36-17-18-37-22-12-14-24(15-13-22)38-23-10-8-21(9-11-23)27(34)30-5/h8-15,20,26H,6-7,16-19H2,1-5H3,(H,30,34)(H,31,33)/t20-,26-/m1/s1. The van der Waals surface area contributed by atoms with Crippen LogP contribution in [-0.4, -0.2) is 68.1 Å². The molecule has 1 fully saturated rings. The second kappa shape index (κ2) is 13.3. The summed E-state index contributed by atoms with van der Waals surface area (Å²) in [5, 5.41) is 5.45. The summed E-state index contributed by atoms with van der Waals surface area (Å²) in [6.45, 7) is 8.96. The van der Waals surface area contributed by atoms with Gasteiger partial charge in [-0.3, -0.25) is 14.4 Å². The third-order valence-electron chi connectivity index (χ3n) is 6.39. The molecule has 9 nitrogen and oxygen atoms in total. The Morgan fingerprint density at radius 3 is 2.13 bits per heavy atom. The zero-order valence-corrected chi connectivity index (χ0v) is 22.9. The number of benzene rings is 2. The van der Waals surface area contributed by atoms with E-state index in [-0.39, 0.29) is 43.6 Å². The third-order valence-corrected chi connectivity index (χ3v) is 6.39. The van der Waals surface area contributed by atoms with Crippen LogP contribution in [0.25, 0.3) is 0 Å². The number of hydrogen-bond donors (Lipinski definition) is 2. The van der Waals surface area contributed by atoms with Crippen LogP contribution in [0.1, 0.15) is 50.9 Å². The Bertz CT molecular complexity index is 1080. The summed E-state index contributed by atoms with van der Waals surface area (Å²) in [7, 11) is 1.59. The lowest BCUT2D eigenvalue weighted by Crippen LogP contribution is -2.56. The van der Waals surface area contributed by atoms with E-state index in [1.807, 2.05) is 32.6 Å². The molecule has 0 unspecified atom stereocenters. The molecular formula is C29H39N3O6. The van der Waals surface area contributed by atoms with Gasteiger partial charge in [0.2, 0.25) is 11.8 Å². The molecule has 1 heterocycles. The molecule has 2 aromatic carbocycles. The van der Waals surface area contributed by atoms with Crippen molar-refractivity contribution in [3.63, 3.8) is 0 Å². The smallest absolute Gasteiger partial charge is 0.251 e. The molecular weight excluding hydrogens is 486 g/mol. The largest absolute Gasteiger partial charge is 0.491 e. The van der Waals surface area contributed by atoms with Gasteiger partial charge in [0, 0.05) is 25.2 Å². The van der Waals surface area contributed by atoms with Crippen molar-refractivity contribution in [1.82, 2.24) is 15.5 Å². The molecule has 1 aliphatic rings. The summed E-state index contributed by atoms with van der Waals surface area (Å²) in [5.74, 6) is 1.37. The van der Waals surface area contributed by atoms with Gasteiger partial charge in [0.25, 0.3) is 5.91 Å². The fourth-order valence-electron chi connectivity index (χ4n) is 4.22. The first kappa shape index (κ1) is 29.0. The number of amides is 3. The van der Waals surface area contributed by atoms with E-state index in [0.717, 1.165) is 19.4 Å². The Morgan fingerprint density at radius 1 is 0.974 bits per heavy atom. The van der Waals surface area contributed by atoms with Crippen LogP contribution >= 0.6 is 0 Å². The van der Waals surface area contributed by atoms with Crippen LogP contribution in [0.15, 0.2) is 48.5 Å². The molecule has 0 aliphatic carbocycles. The summed E-state index contributed by atoms with van der Waals surface area (Å²) < 4.78 is 17.0. The van der Waals surface area contributed by atoms with Gasteiger partial charge in [0.05, 0.1) is 6.61 Å². The molecule has 2 N–H and O–H groups in total. The molecule has 38 heavy (non-hydrogen) atoms. The fourth-order valence-corrected chi connectivity index (χ4v) is 4.22. The van der Waals surface area contributed by atoms with Gasteiger partial charge in [-0.15, -0.1) is 0 Å². The highest BCUT2D eigenvalue weighted by Gasteiger charge is 2.38. The summed E-state index contributed by atoms with van der Waals surface area (Å²) in [4.78, 5) is 39.1. The van der Waals surface area contributed by atoms with Gasteiger partial charge in [-0.2, -0.15) is 0 Å². The monoisotopic (exact) mass is 525 g/mol. The minimum absolute atomic E-state index is 0.0347. The lowest BCUT2D eigenvalue weighted by molar-refractivity contribution is -0.141.